The molecule has 1 saturated heterocycles. The third kappa shape index (κ3) is 6.54. The summed E-state index contributed by atoms with van der Waals surface area (Å²) in [5.41, 5.74) is 9.28. The first-order valence-electron chi connectivity index (χ1n) is 15.7. The minimum absolute atomic E-state index is 0.0364. The SMILES string of the molecule is Nc1ncnc2c1c(-c1cccc(O)c1)nn2Cc1nc2cccc(C#CCCC(=O)N3CCOCC3)c2c(=O)n1Cc1ccccc1Cl. The number of phenolic OH excluding ortho intramolecular Hbond substituents is 1. The van der Waals surface area contributed by atoms with Crippen LogP contribution < -0.4 is 11.3 Å². The average molecular weight is 675 g/mol. The van der Waals surface area contributed by atoms with Crippen molar-refractivity contribution in [1.29, 1.82) is 0 Å². The minimum atomic E-state index is -0.298. The quantitative estimate of drug-likeness (QED) is 0.237. The molecule has 0 saturated carbocycles. The van der Waals surface area contributed by atoms with Gasteiger partial charge >= 0.3 is 0 Å². The molecule has 12 nitrogen and oxygen atoms in total. The van der Waals surface area contributed by atoms with Gasteiger partial charge in [0.1, 0.15) is 36.0 Å². The van der Waals surface area contributed by atoms with Gasteiger partial charge in [0.05, 0.1) is 36.0 Å². The van der Waals surface area contributed by atoms with Gasteiger partial charge in [0.2, 0.25) is 5.91 Å². The fourth-order valence-electron chi connectivity index (χ4n) is 5.92. The van der Waals surface area contributed by atoms with Crippen LogP contribution in [0.25, 0.3) is 33.2 Å². The molecule has 1 fully saturated rings. The van der Waals surface area contributed by atoms with E-state index in [9.17, 15) is 14.7 Å². The number of ether oxygens (including phenoxy) is 1. The number of phenols is 1. The predicted octanol–water partition coefficient (Wildman–Crippen LogP) is 4.23. The number of aromatic hydroxyl groups is 1. The fourth-order valence-corrected chi connectivity index (χ4v) is 6.12. The number of fused-ring (bicyclic) bond motifs is 2. The third-order valence-corrected chi connectivity index (χ3v) is 8.74. The molecule has 246 valence electrons. The van der Waals surface area contributed by atoms with Crippen LogP contribution >= 0.6 is 11.6 Å². The van der Waals surface area contributed by atoms with Crippen molar-refractivity contribution in [3.63, 3.8) is 0 Å². The number of hydrogen-bond donors (Lipinski definition) is 2. The van der Waals surface area contributed by atoms with E-state index in [1.165, 1.54) is 6.33 Å². The van der Waals surface area contributed by atoms with Crippen molar-refractivity contribution < 1.29 is 14.6 Å². The number of nitrogens with zero attached hydrogens (tertiary/aromatic N) is 7. The topological polar surface area (TPSA) is 154 Å². The Kier molecular flexibility index (Phi) is 8.93. The van der Waals surface area contributed by atoms with Crippen LogP contribution in [0.4, 0.5) is 5.82 Å². The Bertz CT molecular complexity index is 2340. The van der Waals surface area contributed by atoms with Crippen LogP contribution in [-0.4, -0.2) is 71.5 Å². The molecule has 0 unspecified atom stereocenters. The zero-order chi connectivity index (χ0) is 33.9. The summed E-state index contributed by atoms with van der Waals surface area (Å²) < 4.78 is 8.53. The Morgan fingerprint density at radius 2 is 1.82 bits per heavy atom. The van der Waals surface area contributed by atoms with E-state index in [1.807, 2.05) is 18.2 Å². The lowest BCUT2D eigenvalue weighted by molar-refractivity contribution is -0.135. The van der Waals surface area contributed by atoms with Crippen LogP contribution in [0.5, 0.6) is 5.75 Å². The standard InChI is InChI=1S/C36H31ClN8O4/c37-27-12-3-1-8-25(27)20-44-29(21-45-35-32(34(38)39-22-40-35)33(42-45)24-10-5-11-26(46)19-24)41-28-13-6-9-23(31(28)36(44)48)7-2-4-14-30(47)43-15-17-49-18-16-43/h1,3,5-6,8-13,19,22,46H,4,14-18,20-21H2,(H2,38,39,40). The number of benzene rings is 3. The molecule has 1 aliphatic heterocycles. The third-order valence-electron chi connectivity index (χ3n) is 8.37. The van der Waals surface area contributed by atoms with Gasteiger partial charge in [-0.25, -0.2) is 19.6 Å². The summed E-state index contributed by atoms with van der Waals surface area (Å²) in [5, 5.41) is 16.4. The summed E-state index contributed by atoms with van der Waals surface area (Å²) in [6.45, 7) is 2.45. The molecule has 3 aromatic heterocycles. The number of morpholine rings is 1. The Morgan fingerprint density at radius 1 is 1.00 bits per heavy atom. The maximum atomic E-state index is 14.4. The monoisotopic (exact) mass is 674 g/mol. The molecule has 49 heavy (non-hydrogen) atoms. The Hall–Kier alpha value is -5.77. The van der Waals surface area contributed by atoms with Gasteiger partial charge in [0.25, 0.3) is 5.56 Å². The normalized spacial score (nSPS) is 13.0. The lowest BCUT2D eigenvalue weighted by Crippen LogP contribution is -2.40. The molecule has 4 heterocycles. The average Bonchev–Trinajstić information content (AvgIpc) is 3.48. The second-order valence-corrected chi connectivity index (χ2v) is 11.9. The highest BCUT2D eigenvalue weighted by molar-refractivity contribution is 6.31. The Morgan fingerprint density at radius 3 is 2.63 bits per heavy atom. The molecule has 1 aliphatic rings. The Labute approximate surface area is 285 Å². The van der Waals surface area contributed by atoms with Gasteiger partial charge in [0, 0.05) is 42.1 Å². The van der Waals surface area contributed by atoms with Crippen molar-refractivity contribution in [2.45, 2.75) is 25.9 Å². The number of carbonyl (C=O) groups is 1. The van der Waals surface area contributed by atoms with Crippen LogP contribution in [0.2, 0.25) is 5.02 Å². The molecule has 0 atom stereocenters. The van der Waals surface area contributed by atoms with E-state index >= 15 is 0 Å². The first-order chi connectivity index (χ1) is 23.9. The summed E-state index contributed by atoms with van der Waals surface area (Å²) in [4.78, 5) is 42.4. The number of aromatic nitrogens is 6. The number of halogens is 1. The number of rotatable bonds is 7. The van der Waals surface area contributed by atoms with Gasteiger partial charge in [-0.3, -0.25) is 14.2 Å². The molecule has 0 spiro atoms. The summed E-state index contributed by atoms with van der Waals surface area (Å²) in [6, 6.07) is 19.3. The van der Waals surface area contributed by atoms with Crippen molar-refractivity contribution in [3.8, 4) is 28.8 Å². The molecule has 3 N–H and O–H groups in total. The van der Waals surface area contributed by atoms with Crippen LogP contribution in [0, 0.1) is 11.8 Å². The van der Waals surface area contributed by atoms with Gasteiger partial charge in [-0.1, -0.05) is 59.8 Å². The second-order valence-electron chi connectivity index (χ2n) is 11.5. The number of hydrogen-bond acceptors (Lipinski definition) is 9. The number of nitrogens with two attached hydrogens (primary N) is 1. The first-order valence-corrected chi connectivity index (χ1v) is 16.1. The largest absolute Gasteiger partial charge is 0.508 e. The first kappa shape index (κ1) is 31.8. The molecule has 1 amide bonds. The smallest absolute Gasteiger partial charge is 0.263 e. The predicted molar refractivity (Wildman–Crippen MR) is 186 cm³/mol. The van der Waals surface area contributed by atoms with Crippen LogP contribution in [0.3, 0.4) is 0 Å². The van der Waals surface area contributed by atoms with Gasteiger partial charge in [-0.05, 0) is 35.9 Å². The highest BCUT2D eigenvalue weighted by Crippen LogP contribution is 2.32. The van der Waals surface area contributed by atoms with Crippen molar-refractivity contribution in [2.75, 3.05) is 32.0 Å². The number of amides is 1. The van der Waals surface area contributed by atoms with E-state index < -0.39 is 0 Å². The lowest BCUT2D eigenvalue weighted by Gasteiger charge is -2.26. The number of anilines is 1. The summed E-state index contributed by atoms with van der Waals surface area (Å²) in [6.07, 6.45) is 1.99. The van der Waals surface area contributed by atoms with Crippen LogP contribution in [-0.2, 0) is 22.6 Å². The summed E-state index contributed by atoms with van der Waals surface area (Å²) in [7, 11) is 0. The molecule has 13 heteroatoms. The summed E-state index contributed by atoms with van der Waals surface area (Å²) in [5.74, 6) is 6.95. The van der Waals surface area contributed by atoms with Gasteiger partial charge in [-0.2, -0.15) is 5.10 Å². The highest BCUT2D eigenvalue weighted by Gasteiger charge is 2.21. The minimum Gasteiger partial charge on any atom is -0.508 e. The zero-order valence-corrected chi connectivity index (χ0v) is 27.1. The van der Waals surface area contributed by atoms with Crippen LogP contribution in [0.1, 0.15) is 29.8 Å². The van der Waals surface area contributed by atoms with Crippen molar-refractivity contribution >= 4 is 45.3 Å². The number of nitrogen functional groups attached to an aromatic ring is 1. The zero-order valence-electron chi connectivity index (χ0n) is 26.3. The van der Waals surface area contributed by atoms with Crippen LogP contribution in [0.15, 0.2) is 77.9 Å². The van der Waals surface area contributed by atoms with Gasteiger partial charge in [0.15, 0.2) is 5.65 Å². The molecule has 0 aliphatic carbocycles. The van der Waals surface area contributed by atoms with Gasteiger partial charge < -0.3 is 20.5 Å². The molecule has 0 radical (unpaired) electrons. The highest BCUT2D eigenvalue weighted by atomic mass is 35.5. The molecule has 3 aromatic carbocycles. The molecule has 6 aromatic rings. The van der Waals surface area contributed by atoms with Crippen molar-refractivity contribution in [1.82, 2.24) is 34.2 Å². The molecule has 7 rings (SSSR count). The van der Waals surface area contributed by atoms with Crippen molar-refractivity contribution in [2.24, 2.45) is 0 Å². The number of carbonyl (C=O) groups excluding carboxylic acids is 1. The van der Waals surface area contributed by atoms with E-state index in [0.717, 1.165) is 5.56 Å². The van der Waals surface area contributed by atoms with E-state index in [1.54, 1.807) is 62.7 Å². The van der Waals surface area contributed by atoms with Gasteiger partial charge in [-0.15, -0.1) is 0 Å². The van der Waals surface area contributed by atoms with E-state index in [-0.39, 0.29) is 42.5 Å². The van der Waals surface area contributed by atoms with E-state index in [4.69, 9.17) is 32.2 Å². The fraction of sp³-hybridized carbons (Fsp3) is 0.222. The Balaban J connectivity index is 1.30. The van der Waals surface area contributed by atoms with Crippen molar-refractivity contribution in [3.05, 3.63) is 105 Å². The maximum Gasteiger partial charge on any atom is 0.263 e. The summed E-state index contributed by atoms with van der Waals surface area (Å²) >= 11 is 6.57. The van der Waals surface area contributed by atoms with E-state index in [2.05, 4.69) is 21.8 Å². The lowest BCUT2D eigenvalue weighted by atomic mass is 10.1. The maximum absolute atomic E-state index is 14.4. The molecule has 0 bridgehead atoms. The second kappa shape index (κ2) is 13.8. The molecular weight excluding hydrogens is 644 g/mol. The van der Waals surface area contributed by atoms with E-state index in [0.29, 0.717) is 82.3 Å². The molecular formula is C36H31ClN8O4.